The molecule has 0 aliphatic carbocycles. The molecule has 5 nitrogen and oxygen atoms in total. The number of nitrogens with two attached hydrogens (primary N) is 1. The van der Waals surface area contributed by atoms with Crippen LogP contribution in [-0.4, -0.2) is 30.1 Å². The van der Waals surface area contributed by atoms with E-state index in [1.54, 1.807) is 11.4 Å². The maximum Gasteiger partial charge on any atom is 0.270 e. The fourth-order valence-electron chi connectivity index (χ4n) is 1.94. The number of aromatic nitrogens is 1. The molecule has 0 saturated carbocycles. The molecule has 0 bridgehead atoms. The summed E-state index contributed by atoms with van der Waals surface area (Å²) in [5, 5.41) is 6.03. The van der Waals surface area contributed by atoms with Crippen molar-refractivity contribution in [3.63, 3.8) is 0 Å². The van der Waals surface area contributed by atoms with E-state index in [1.807, 2.05) is 25.1 Å². The Morgan fingerprint density at radius 1 is 1.48 bits per heavy atom. The first-order chi connectivity index (χ1) is 11.1. The summed E-state index contributed by atoms with van der Waals surface area (Å²) < 4.78 is 5.84. The molecule has 1 unspecified atom stereocenters. The highest BCUT2D eigenvalue weighted by Crippen LogP contribution is 2.24. The Balaban J connectivity index is 1.89. The third kappa shape index (κ3) is 5.20. The molecule has 1 amide bonds. The minimum Gasteiger partial charge on any atom is -0.487 e. The number of nitrogens with zero attached hydrogens (tertiary/aromatic N) is 1. The summed E-state index contributed by atoms with van der Waals surface area (Å²) in [4.78, 5) is 16.4. The summed E-state index contributed by atoms with van der Waals surface area (Å²) in [7, 11) is 0. The second kappa shape index (κ2) is 8.86. The number of carbonyl (C=O) groups excluding carboxylic acids is 1. The van der Waals surface area contributed by atoms with Crippen molar-refractivity contribution in [2.24, 2.45) is 5.73 Å². The number of thiazole rings is 1. The molecule has 23 heavy (non-hydrogen) atoms. The smallest absolute Gasteiger partial charge is 0.270 e. The van der Waals surface area contributed by atoms with Gasteiger partial charge in [0, 0.05) is 11.8 Å². The highest BCUT2D eigenvalue weighted by atomic mass is 35.5. The van der Waals surface area contributed by atoms with E-state index in [4.69, 9.17) is 22.1 Å². The first-order valence-corrected chi connectivity index (χ1v) is 8.73. The number of hydrogen-bond acceptors (Lipinski definition) is 5. The quantitative estimate of drug-likeness (QED) is 0.765. The Labute approximate surface area is 144 Å². The Morgan fingerprint density at radius 2 is 2.26 bits per heavy atom. The summed E-state index contributed by atoms with van der Waals surface area (Å²) in [6, 6.07) is 7.29. The molecule has 1 atom stereocenters. The average Bonchev–Trinajstić information content (AvgIpc) is 3.02. The molecule has 2 aromatic rings. The van der Waals surface area contributed by atoms with Gasteiger partial charge >= 0.3 is 0 Å². The first kappa shape index (κ1) is 17.7. The summed E-state index contributed by atoms with van der Waals surface area (Å²) in [5.41, 5.74) is 5.91. The number of hydrogen-bond donors (Lipinski definition) is 2. The fourth-order valence-corrected chi connectivity index (χ4v) is 2.91. The lowest BCUT2D eigenvalue weighted by Gasteiger charge is -2.18. The molecule has 1 heterocycles. The van der Waals surface area contributed by atoms with Gasteiger partial charge in [-0.3, -0.25) is 4.79 Å². The van der Waals surface area contributed by atoms with Gasteiger partial charge in [0.2, 0.25) is 0 Å². The minimum absolute atomic E-state index is 0.152. The Hall–Kier alpha value is -1.63. The van der Waals surface area contributed by atoms with E-state index in [2.05, 4.69) is 10.3 Å². The van der Waals surface area contributed by atoms with Gasteiger partial charge in [0.15, 0.2) is 0 Å². The van der Waals surface area contributed by atoms with Crippen molar-refractivity contribution in [2.45, 2.75) is 25.9 Å². The largest absolute Gasteiger partial charge is 0.487 e. The standard InChI is InChI=1S/C16H20ClN3O2S/c1-2-11(22-14-6-4-3-5-12(14)17)9-19-16(21)13-10-23-15(20-13)7-8-18/h3-6,10-11H,2,7-9,18H2,1H3,(H,19,21). The topological polar surface area (TPSA) is 77.2 Å². The average molecular weight is 354 g/mol. The lowest BCUT2D eigenvalue weighted by molar-refractivity contribution is 0.0921. The van der Waals surface area contributed by atoms with E-state index in [0.717, 1.165) is 11.4 Å². The van der Waals surface area contributed by atoms with Crippen LogP contribution in [0, 0.1) is 0 Å². The number of benzene rings is 1. The molecule has 124 valence electrons. The van der Waals surface area contributed by atoms with Crippen LogP contribution >= 0.6 is 22.9 Å². The highest BCUT2D eigenvalue weighted by molar-refractivity contribution is 7.09. The van der Waals surface area contributed by atoms with Crippen molar-refractivity contribution in [3.8, 4) is 5.75 Å². The minimum atomic E-state index is -0.203. The number of ether oxygens (including phenoxy) is 1. The van der Waals surface area contributed by atoms with Crippen LogP contribution in [0.5, 0.6) is 5.75 Å². The number of rotatable bonds is 8. The molecule has 0 spiro atoms. The van der Waals surface area contributed by atoms with Gasteiger partial charge in [0.25, 0.3) is 5.91 Å². The molecule has 0 saturated heterocycles. The van der Waals surface area contributed by atoms with E-state index in [0.29, 0.717) is 36.0 Å². The van der Waals surface area contributed by atoms with E-state index in [9.17, 15) is 4.79 Å². The molecule has 0 aliphatic rings. The van der Waals surface area contributed by atoms with E-state index in [-0.39, 0.29) is 12.0 Å². The predicted molar refractivity (Wildman–Crippen MR) is 93.4 cm³/mol. The zero-order valence-electron chi connectivity index (χ0n) is 12.9. The Kier molecular flexibility index (Phi) is 6.83. The monoisotopic (exact) mass is 353 g/mol. The Bertz CT molecular complexity index is 648. The van der Waals surface area contributed by atoms with Crippen LogP contribution in [0.1, 0.15) is 28.8 Å². The molecule has 3 N–H and O–H groups in total. The third-order valence-electron chi connectivity index (χ3n) is 3.22. The Morgan fingerprint density at radius 3 is 2.96 bits per heavy atom. The summed E-state index contributed by atoms with van der Waals surface area (Å²) in [5.74, 6) is 0.417. The van der Waals surface area contributed by atoms with E-state index in [1.165, 1.54) is 11.3 Å². The second-order valence-electron chi connectivity index (χ2n) is 4.95. The van der Waals surface area contributed by atoms with Crippen LogP contribution in [0.4, 0.5) is 0 Å². The molecule has 0 radical (unpaired) electrons. The molecule has 7 heteroatoms. The molecule has 1 aromatic carbocycles. The van der Waals surface area contributed by atoms with Crippen LogP contribution in [0.3, 0.4) is 0 Å². The number of para-hydroxylation sites is 1. The maximum absolute atomic E-state index is 12.1. The maximum atomic E-state index is 12.1. The summed E-state index contributed by atoms with van der Waals surface area (Å²) in [6.07, 6.45) is 1.28. The number of nitrogens with one attached hydrogen (secondary N) is 1. The highest BCUT2D eigenvalue weighted by Gasteiger charge is 2.15. The van der Waals surface area contributed by atoms with Crippen LogP contribution in [0.15, 0.2) is 29.6 Å². The number of carbonyl (C=O) groups is 1. The van der Waals surface area contributed by atoms with Crippen LogP contribution < -0.4 is 15.8 Å². The van der Waals surface area contributed by atoms with Crippen molar-refractivity contribution < 1.29 is 9.53 Å². The molecule has 0 fully saturated rings. The van der Waals surface area contributed by atoms with Gasteiger partial charge in [0.05, 0.1) is 16.6 Å². The van der Waals surface area contributed by atoms with E-state index < -0.39 is 0 Å². The molecular weight excluding hydrogens is 334 g/mol. The van der Waals surface area contributed by atoms with Gasteiger partial charge < -0.3 is 15.8 Å². The fraction of sp³-hybridized carbons (Fsp3) is 0.375. The molecule has 0 aliphatic heterocycles. The predicted octanol–water partition coefficient (Wildman–Crippen LogP) is 2.89. The van der Waals surface area contributed by atoms with Gasteiger partial charge in [-0.15, -0.1) is 11.3 Å². The van der Waals surface area contributed by atoms with Crippen molar-refractivity contribution in [2.75, 3.05) is 13.1 Å². The normalized spacial score (nSPS) is 12.0. The van der Waals surface area contributed by atoms with Gasteiger partial charge in [-0.25, -0.2) is 4.98 Å². The van der Waals surface area contributed by atoms with Gasteiger partial charge in [-0.1, -0.05) is 30.7 Å². The van der Waals surface area contributed by atoms with Gasteiger partial charge in [-0.05, 0) is 25.1 Å². The van der Waals surface area contributed by atoms with Crippen LogP contribution in [-0.2, 0) is 6.42 Å². The lowest BCUT2D eigenvalue weighted by atomic mass is 10.2. The first-order valence-electron chi connectivity index (χ1n) is 7.47. The van der Waals surface area contributed by atoms with Crippen LogP contribution in [0.2, 0.25) is 5.02 Å². The van der Waals surface area contributed by atoms with Gasteiger partial charge in [0.1, 0.15) is 17.5 Å². The van der Waals surface area contributed by atoms with Crippen LogP contribution in [0.25, 0.3) is 0 Å². The van der Waals surface area contributed by atoms with Gasteiger partial charge in [-0.2, -0.15) is 0 Å². The molecule has 2 rings (SSSR count). The second-order valence-corrected chi connectivity index (χ2v) is 6.30. The van der Waals surface area contributed by atoms with Crippen molar-refractivity contribution >= 4 is 28.8 Å². The number of amides is 1. The third-order valence-corrected chi connectivity index (χ3v) is 4.44. The molecule has 1 aromatic heterocycles. The van der Waals surface area contributed by atoms with Crippen molar-refractivity contribution in [1.29, 1.82) is 0 Å². The summed E-state index contributed by atoms with van der Waals surface area (Å²) in [6.45, 7) is 2.92. The molecular formula is C16H20ClN3O2S. The number of halogens is 1. The zero-order valence-corrected chi connectivity index (χ0v) is 14.5. The van der Waals surface area contributed by atoms with Crippen molar-refractivity contribution in [1.82, 2.24) is 10.3 Å². The lowest BCUT2D eigenvalue weighted by Crippen LogP contribution is -2.35. The summed E-state index contributed by atoms with van der Waals surface area (Å²) >= 11 is 7.53. The van der Waals surface area contributed by atoms with E-state index >= 15 is 0 Å². The SMILES string of the molecule is CCC(CNC(=O)c1csc(CCN)n1)Oc1ccccc1Cl. The zero-order chi connectivity index (χ0) is 16.7. The van der Waals surface area contributed by atoms with Crippen molar-refractivity contribution in [3.05, 3.63) is 45.4 Å².